The third-order valence-corrected chi connectivity index (χ3v) is 5.34. The van der Waals surface area contributed by atoms with Gasteiger partial charge in [0.1, 0.15) is 0 Å². The predicted molar refractivity (Wildman–Crippen MR) is 92.9 cm³/mol. The molecule has 2 heterocycles. The van der Waals surface area contributed by atoms with Crippen LogP contribution in [0.3, 0.4) is 0 Å². The predicted octanol–water partition coefficient (Wildman–Crippen LogP) is 4.30. The van der Waals surface area contributed by atoms with Crippen LogP contribution in [0.5, 0.6) is 0 Å². The van der Waals surface area contributed by atoms with Gasteiger partial charge in [-0.25, -0.2) is 0 Å². The van der Waals surface area contributed by atoms with Gasteiger partial charge in [-0.05, 0) is 37.8 Å². The number of likely N-dealkylation sites (tertiary alicyclic amines) is 1. The number of allylic oxidation sites excluding steroid dienone is 1. The fourth-order valence-electron chi connectivity index (χ4n) is 4.38. The second kappa shape index (κ2) is 5.13. The zero-order valence-corrected chi connectivity index (χ0v) is 13.4. The summed E-state index contributed by atoms with van der Waals surface area (Å²) >= 11 is 0. The summed E-state index contributed by atoms with van der Waals surface area (Å²) < 4.78 is 0. The largest absolute Gasteiger partial charge is 0.358 e. The monoisotopic (exact) mass is 292 g/mol. The minimum Gasteiger partial charge on any atom is -0.358 e. The molecular formula is C20H24N2. The third kappa shape index (κ3) is 2.05. The lowest BCUT2D eigenvalue weighted by Gasteiger charge is -2.32. The van der Waals surface area contributed by atoms with Crippen LogP contribution in [0.4, 0.5) is 0 Å². The Labute approximate surface area is 132 Å². The molecule has 4 rings (SSSR count). The molecule has 3 unspecified atom stereocenters. The van der Waals surface area contributed by atoms with E-state index in [0.29, 0.717) is 24.0 Å². The highest BCUT2D eigenvalue weighted by molar-refractivity contribution is 5.80. The van der Waals surface area contributed by atoms with Crippen LogP contribution in [-0.4, -0.2) is 28.0 Å². The Morgan fingerprint density at radius 3 is 2.91 bits per heavy atom. The number of fused-ring (bicyclic) bond motifs is 3. The van der Waals surface area contributed by atoms with Crippen LogP contribution in [0.15, 0.2) is 54.6 Å². The van der Waals surface area contributed by atoms with Gasteiger partial charge in [0, 0.05) is 41.7 Å². The van der Waals surface area contributed by atoms with Crippen LogP contribution < -0.4 is 0 Å². The summed E-state index contributed by atoms with van der Waals surface area (Å²) in [5.74, 6) is 0.601. The third-order valence-electron chi connectivity index (χ3n) is 5.34. The molecular weight excluding hydrogens is 268 g/mol. The Balaban J connectivity index is 1.67. The van der Waals surface area contributed by atoms with Crippen LogP contribution in [0.2, 0.25) is 0 Å². The number of aromatic amines is 1. The van der Waals surface area contributed by atoms with Gasteiger partial charge >= 0.3 is 0 Å². The first kappa shape index (κ1) is 13.8. The van der Waals surface area contributed by atoms with Gasteiger partial charge in [0.15, 0.2) is 0 Å². The van der Waals surface area contributed by atoms with E-state index in [9.17, 15) is 0 Å². The normalized spacial score (nSPS) is 28.1. The van der Waals surface area contributed by atoms with Gasteiger partial charge in [-0.15, -0.1) is 0 Å². The Kier molecular flexibility index (Phi) is 3.23. The molecule has 2 heteroatoms. The molecule has 1 aromatic carbocycles. The average Bonchev–Trinajstić information content (AvgIpc) is 2.93. The summed E-state index contributed by atoms with van der Waals surface area (Å²) in [5.41, 5.74) is 4.00. The Bertz CT molecular complexity index is 704. The maximum absolute atomic E-state index is 4.40. The lowest BCUT2D eigenvalue weighted by Crippen LogP contribution is -2.42. The summed E-state index contributed by atoms with van der Waals surface area (Å²) in [4.78, 5) is 6.25. The minimum absolute atomic E-state index is 0.438. The lowest BCUT2D eigenvalue weighted by molar-refractivity contribution is 0.159. The highest BCUT2D eigenvalue weighted by atomic mass is 15.2. The van der Waals surface area contributed by atoms with Crippen molar-refractivity contribution in [2.75, 3.05) is 0 Å². The quantitative estimate of drug-likeness (QED) is 0.836. The molecule has 3 atom stereocenters. The van der Waals surface area contributed by atoms with E-state index in [0.717, 1.165) is 12.8 Å². The molecule has 0 radical (unpaired) electrons. The van der Waals surface area contributed by atoms with Crippen molar-refractivity contribution in [3.63, 3.8) is 0 Å². The molecule has 1 aliphatic heterocycles. The average molecular weight is 292 g/mol. The molecule has 1 fully saturated rings. The van der Waals surface area contributed by atoms with E-state index in [-0.39, 0.29) is 0 Å². The topological polar surface area (TPSA) is 19.0 Å². The van der Waals surface area contributed by atoms with E-state index in [1.165, 1.54) is 22.2 Å². The number of H-pyrrole nitrogens is 1. The number of aromatic nitrogens is 1. The van der Waals surface area contributed by atoms with E-state index in [1.807, 2.05) is 0 Å². The second-order valence-corrected chi connectivity index (χ2v) is 6.98. The number of hydrogen-bond acceptors (Lipinski definition) is 1. The van der Waals surface area contributed by atoms with Crippen LogP contribution in [0, 0.1) is 5.92 Å². The summed E-state index contributed by atoms with van der Waals surface area (Å²) in [6.45, 7) is 9.01. The van der Waals surface area contributed by atoms with Gasteiger partial charge < -0.3 is 4.98 Å². The van der Waals surface area contributed by atoms with Gasteiger partial charge in [-0.1, -0.05) is 42.5 Å². The van der Waals surface area contributed by atoms with Crippen molar-refractivity contribution < 1.29 is 0 Å². The van der Waals surface area contributed by atoms with Crippen molar-refractivity contribution in [3.8, 4) is 0 Å². The Morgan fingerprint density at radius 2 is 2.14 bits per heavy atom. The molecule has 2 nitrogen and oxygen atoms in total. The van der Waals surface area contributed by atoms with E-state index in [2.05, 4.69) is 72.8 Å². The number of hydrogen-bond donors (Lipinski definition) is 1. The molecule has 1 N–H and O–H groups in total. The van der Waals surface area contributed by atoms with Gasteiger partial charge in [-0.2, -0.15) is 0 Å². The molecule has 0 saturated carbocycles. The van der Waals surface area contributed by atoms with Crippen LogP contribution in [0.1, 0.15) is 26.0 Å². The van der Waals surface area contributed by atoms with E-state index >= 15 is 0 Å². The molecule has 1 saturated heterocycles. The Hall–Kier alpha value is -1.80. The number of rotatable bonds is 3. The lowest BCUT2D eigenvalue weighted by atomic mass is 9.86. The van der Waals surface area contributed by atoms with E-state index < -0.39 is 0 Å². The van der Waals surface area contributed by atoms with Gasteiger partial charge in [0.25, 0.3) is 0 Å². The van der Waals surface area contributed by atoms with E-state index in [4.69, 9.17) is 0 Å². The summed E-state index contributed by atoms with van der Waals surface area (Å²) in [6, 6.07) is 12.4. The van der Waals surface area contributed by atoms with Gasteiger partial charge in [0.2, 0.25) is 0 Å². The zero-order chi connectivity index (χ0) is 15.3. The molecule has 0 amide bonds. The molecule has 114 valence electrons. The van der Waals surface area contributed by atoms with Crippen molar-refractivity contribution in [2.45, 2.75) is 44.8 Å². The summed E-state index contributed by atoms with van der Waals surface area (Å²) in [6.07, 6.45) is 6.92. The smallest absolute Gasteiger partial charge is 0.0497 e. The van der Waals surface area contributed by atoms with Gasteiger partial charge in [-0.3, -0.25) is 4.90 Å². The van der Waals surface area contributed by atoms with E-state index in [1.54, 1.807) is 0 Å². The van der Waals surface area contributed by atoms with Gasteiger partial charge in [0.05, 0.1) is 0 Å². The van der Waals surface area contributed by atoms with Crippen LogP contribution in [0.25, 0.3) is 10.9 Å². The van der Waals surface area contributed by atoms with Crippen molar-refractivity contribution >= 4 is 10.9 Å². The standard InChI is InChI=1S/C20H24N2/c1-13(2)22-19-10-6-8-17(14(19)3)20(22)12-16-11-15-7-4-5-9-18(15)21-16/h4-7,9-11,13,17,19-21H,3,8,12H2,1-2H3. The van der Waals surface area contributed by atoms with Crippen LogP contribution >= 0.6 is 0 Å². The maximum atomic E-state index is 4.40. The van der Waals surface area contributed by atoms with Crippen molar-refractivity contribution in [1.29, 1.82) is 0 Å². The number of benzene rings is 1. The molecule has 2 aliphatic rings. The van der Waals surface area contributed by atoms with Crippen molar-refractivity contribution in [2.24, 2.45) is 5.92 Å². The molecule has 2 aromatic rings. The number of nitrogens with zero attached hydrogens (tertiary/aromatic N) is 1. The number of nitrogens with one attached hydrogen (secondary N) is 1. The fourth-order valence-corrected chi connectivity index (χ4v) is 4.38. The zero-order valence-electron chi connectivity index (χ0n) is 13.4. The first-order chi connectivity index (χ1) is 10.6. The SMILES string of the molecule is C=C1C2CC=CC1N(C(C)C)C2Cc1cc2ccccc2[nH]1. The highest BCUT2D eigenvalue weighted by Gasteiger charge is 2.45. The summed E-state index contributed by atoms with van der Waals surface area (Å²) in [5, 5.41) is 1.31. The minimum atomic E-state index is 0.438. The van der Waals surface area contributed by atoms with Crippen LogP contribution in [-0.2, 0) is 6.42 Å². The number of para-hydroxylation sites is 1. The van der Waals surface area contributed by atoms with Crippen molar-refractivity contribution in [3.05, 3.63) is 60.3 Å². The molecule has 0 spiro atoms. The fraction of sp³-hybridized carbons (Fsp3) is 0.400. The second-order valence-electron chi connectivity index (χ2n) is 6.98. The van der Waals surface area contributed by atoms with Crippen molar-refractivity contribution in [1.82, 2.24) is 9.88 Å². The molecule has 1 aromatic heterocycles. The maximum Gasteiger partial charge on any atom is 0.0497 e. The first-order valence-corrected chi connectivity index (χ1v) is 8.34. The first-order valence-electron chi connectivity index (χ1n) is 8.34. The summed E-state index contributed by atoms with van der Waals surface area (Å²) in [7, 11) is 0. The molecule has 2 bridgehead atoms. The highest BCUT2D eigenvalue weighted by Crippen LogP contribution is 2.42. The Morgan fingerprint density at radius 1 is 1.32 bits per heavy atom. The molecule has 22 heavy (non-hydrogen) atoms. The molecule has 1 aliphatic carbocycles.